The van der Waals surface area contributed by atoms with E-state index in [1.165, 1.54) is 5.56 Å². The van der Waals surface area contributed by atoms with Gasteiger partial charge in [-0.25, -0.2) is 9.97 Å². The molecule has 262 valence electrons. The SMILES string of the molecule is CC.CC(C)(C)c1ccc(C=O)cc1.CNC(Cc1ccc(-c2ncc(-c3ccc(O)cc3)cn2)cc1)C(=O)NCCC(=O)OC(C)(C)C. The second-order valence-corrected chi connectivity index (χ2v) is 13.2. The zero-order valence-corrected chi connectivity index (χ0v) is 30.3. The maximum Gasteiger partial charge on any atom is 0.308 e. The Morgan fingerprint density at radius 2 is 1.37 bits per heavy atom. The zero-order chi connectivity index (χ0) is 36.6. The second kappa shape index (κ2) is 19.2. The molecule has 0 saturated carbocycles. The Labute approximate surface area is 291 Å². The van der Waals surface area contributed by atoms with Crippen molar-refractivity contribution in [2.45, 2.75) is 85.3 Å². The number of hydrogen-bond acceptors (Lipinski definition) is 8. The van der Waals surface area contributed by atoms with Crippen molar-refractivity contribution in [3.63, 3.8) is 0 Å². The number of aromatic hydroxyl groups is 1. The van der Waals surface area contributed by atoms with Crippen LogP contribution in [0.2, 0.25) is 0 Å². The number of ether oxygens (including phenoxy) is 1. The molecule has 4 aromatic rings. The van der Waals surface area contributed by atoms with Gasteiger partial charge < -0.3 is 20.5 Å². The Morgan fingerprint density at radius 1 is 0.816 bits per heavy atom. The number of carbonyl (C=O) groups excluding carboxylic acids is 3. The van der Waals surface area contributed by atoms with Crippen LogP contribution in [0.3, 0.4) is 0 Å². The van der Waals surface area contributed by atoms with Crippen LogP contribution in [0.1, 0.15) is 83.3 Å². The lowest BCUT2D eigenvalue weighted by Crippen LogP contribution is -2.44. The number of benzene rings is 3. The number of amides is 1. The molecule has 0 fully saturated rings. The fraction of sp³-hybridized carbons (Fsp3) is 0.375. The van der Waals surface area contributed by atoms with Crippen LogP contribution in [0.4, 0.5) is 0 Å². The summed E-state index contributed by atoms with van der Waals surface area (Å²) in [6, 6.07) is 21.9. The third-order valence-corrected chi connectivity index (χ3v) is 7.13. The van der Waals surface area contributed by atoms with Crippen molar-refractivity contribution in [3.8, 4) is 28.3 Å². The van der Waals surface area contributed by atoms with E-state index in [-0.39, 0.29) is 36.0 Å². The number of rotatable bonds is 10. The van der Waals surface area contributed by atoms with E-state index in [1.54, 1.807) is 31.6 Å². The molecule has 0 aliphatic rings. The van der Waals surface area contributed by atoms with Gasteiger partial charge in [0.25, 0.3) is 0 Å². The molecule has 1 atom stereocenters. The summed E-state index contributed by atoms with van der Waals surface area (Å²) < 4.78 is 5.26. The number of likely N-dealkylation sites (N-methyl/N-ethyl adjacent to an activating group) is 1. The van der Waals surface area contributed by atoms with Gasteiger partial charge in [-0.05, 0) is 68.5 Å². The summed E-state index contributed by atoms with van der Waals surface area (Å²) >= 11 is 0. The topological polar surface area (TPSA) is 131 Å². The van der Waals surface area contributed by atoms with Crippen molar-refractivity contribution >= 4 is 18.2 Å². The van der Waals surface area contributed by atoms with E-state index in [2.05, 4.69) is 41.4 Å². The van der Waals surface area contributed by atoms with Gasteiger partial charge in [0.2, 0.25) is 5.91 Å². The number of carbonyl (C=O) groups is 3. The molecule has 9 heteroatoms. The lowest BCUT2D eigenvalue weighted by atomic mass is 9.87. The first kappa shape index (κ1) is 40.3. The van der Waals surface area contributed by atoms with Gasteiger partial charge in [0.15, 0.2) is 5.82 Å². The van der Waals surface area contributed by atoms with Crippen LogP contribution in [0, 0.1) is 0 Å². The van der Waals surface area contributed by atoms with Gasteiger partial charge in [-0.2, -0.15) is 0 Å². The average molecular weight is 669 g/mol. The second-order valence-electron chi connectivity index (χ2n) is 13.2. The maximum absolute atomic E-state index is 12.5. The van der Waals surface area contributed by atoms with E-state index >= 15 is 0 Å². The number of esters is 1. The molecule has 1 unspecified atom stereocenters. The smallest absolute Gasteiger partial charge is 0.308 e. The molecule has 0 spiro atoms. The van der Waals surface area contributed by atoms with Crippen LogP contribution in [0.5, 0.6) is 5.75 Å². The first-order valence-corrected chi connectivity index (χ1v) is 16.6. The highest BCUT2D eigenvalue weighted by Gasteiger charge is 2.19. The van der Waals surface area contributed by atoms with Crippen LogP contribution < -0.4 is 10.6 Å². The molecule has 0 saturated heterocycles. The van der Waals surface area contributed by atoms with E-state index in [4.69, 9.17) is 4.74 Å². The third-order valence-electron chi connectivity index (χ3n) is 7.13. The molecule has 0 bridgehead atoms. The van der Waals surface area contributed by atoms with Crippen molar-refractivity contribution in [2.24, 2.45) is 0 Å². The van der Waals surface area contributed by atoms with Crippen molar-refractivity contribution < 1.29 is 24.2 Å². The number of phenols is 1. The van der Waals surface area contributed by atoms with E-state index in [1.807, 2.05) is 95.3 Å². The average Bonchev–Trinajstić information content (AvgIpc) is 3.08. The predicted octanol–water partition coefficient (Wildman–Crippen LogP) is 7.32. The lowest BCUT2D eigenvalue weighted by Gasteiger charge is -2.20. The Balaban J connectivity index is 0.000000498. The number of phenolic OH excluding ortho intramolecular Hbond substituents is 1. The lowest BCUT2D eigenvalue weighted by molar-refractivity contribution is -0.154. The minimum Gasteiger partial charge on any atom is -0.508 e. The highest BCUT2D eigenvalue weighted by atomic mass is 16.6. The van der Waals surface area contributed by atoms with E-state index in [0.29, 0.717) is 12.2 Å². The minimum atomic E-state index is -0.541. The van der Waals surface area contributed by atoms with Gasteiger partial charge in [-0.3, -0.25) is 14.4 Å². The molecule has 4 rings (SSSR count). The largest absolute Gasteiger partial charge is 0.508 e. The third kappa shape index (κ3) is 14.0. The Bertz CT molecular complexity index is 1590. The standard InChI is InChI=1S/C27H32N4O4.C11H14O.C2H6/c1-27(2,3)35-24(33)13-14-29-26(34)23(28-4)15-18-5-7-20(8-6-18)25-30-16-21(17-31-25)19-9-11-22(32)12-10-19;1-11(2,3)10-6-4-9(8-12)5-7-10;1-2/h5-12,16-17,23,28,32H,13-15H2,1-4H3,(H,29,34);4-8H,1-3H3;1-2H3. The molecule has 0 aliphatic carbocycles. The maximum atomic E-state index is 12.5. The molecule has 49 heavy (non-hydrogen) atoms. The van der Waals surface area contributed by atoms with Crippen molar-refractivity contribution in [1.82, 2.24) is 20.6 Å². The van der Waals surface area contributed by atoms with Crippen LogP contribution in [0.25, 0.3) is 22.5 Å². The molecule has 0 aliphatic heterocycles. The van der Waals surface area contributed by atoms with Crippen molar-refractivity contribution in [2.75, 3.05) is 13.6 Å². The summed E-state index contributed by atoms with van der Waals surface area (Å²) in [6.45, 7) is 16.1. The summed E-state index contributed by atoms with van der Waals surface area (Å²) in [6.07, 6.45) is 4.99. The monoisotopic (exact) mass is 668 g/mol. The first-order valence-electron chi connectivity index (χ1n) is 16.6. The van der Waals surface area contributed by atoms with Gasteiger partial charge in [-0.1, -0.05) is 95.3 Å². The molecule has 1 amide bonds. The Hall–Kier alpha value is -4.89. The fourth-order valence-corrected chi connectivity index (χ4v) is 4.50. The van der Waals surface area contributed by atoms with Gasteiger partial charge in [0, 0.05) is 35.6 Å². The highest BCUT2D eigenvalue weighted by molar-refractivity contribution is 5.82. The van der Waals surface area contributed by atoms with Gasteiger partial charge in [-0.15, -0.1) is 0 Å². The molecular weight excluding hydrogens is 616 g/mol. The van der Waals surface area contributed by atoms with E-state index < -0.39 is 11.6 Å². The molecule has 9 nitrogen and oxygen atoms in total. The summed E-state index contributed by atoms with van der Waals surface area (Å²) in [4.78, 5) is 43.7. The molecule has 1 heterocycles. The Kier molecular flexibility index (Phi) is 15.8. The quantitative estimate of drug-likeness (QED) is 0.118. The molecule has 0 radical (unpaired) electrons. The summed E-state index contributed by atoms with van der Waals surface area (Å²) in [5.74, 6) is 0.301. The van der Waals surface area contributed by atoms with Crippen LogP contribution in [-0.4, -0.2) is 58.5 Å². The summed E-state index contributed by atoms with van der Waals surface area (Å²) in [5, 5.41) is 15.3. The molecular formula is C40H52N4O5. The van der Waals surface area contributed by atoms with Gasteiger partial charge >= 0.3 is 5.97 Å². The zero-order valence-electron chi connectivity index (χ0n) is 30.3. The molecule has 3 N–H and O–H groups in total. The molecule has 1 aromatic heterocycles. The predicted molar refractivity (Wildman–Crippen MR) is 196 cm³/mol. The molecule has 3 aromatic carbocycles. The summed E-state index contributed by atoms with van der Waals surface area (Å²) in [7, 11) is 1.73. The normalized spacial score (nSPS) is 11.5. The van der Waals surface area contributed by atoms with Crippen LogP contribution >= 0.6 is 0 Å². The van der Waals surface area contributed by atoms with Crippen LogP contribution in [0.15, 0.2) is 85.2 Å². The first-order chi connectivity index (χ1) is 23.2. The van der Waals surface area contributed by atoms with E-state index in [9.17, 15) is 19.5 Å². The number of aldehydes is 1. The number of nitrogens with one attached hydrogen (secondary N) is 2. The summed E-state index contributed by atoms with van der Waals surface area (Å²) in [5.41, 5.74) is 5.26. The van der Waals surface area contributed by atoms with Gasteiger partial charge in [0.1, 0.15) is 17.6 Å². The van der Waals surface area contributed by atoms with E-state index in [0.717, 1.165) is 34.1 Å². The minimum absolute atomic E-state index is 0.125. The number of nitrogens with zero attached hydrogens (tertiary/aromatic N) is 2. The Morgan fingerprint density at radius 3 is 1.86 bits per heavy atom. The van der Waals surface area contributed by atoms with Gasteiger partial charge in [0.05, 0.1) is 12.5 Å². The van der Waals surface area contributed by atoms with Crippen LogP contribution in [-0.2, 0) is 26.2 Å². The number of aromatic nitrogens is 2. The highest BCUT2D eigenvalue weighted by Crippen LogP contribution is 2.23. The number of hydrogen-bond donors (Lipinski definition) is 3. The fourth-order valence-electron chi connectivity index (χ4n) is 4.50. The van der Waals surface area contributed by atoms with Crippen molar-refractivity contribution in [1.29, 1.82) is 0 Å². The van der Waals surface area contributed by atoms with Crippen molar-refractivity contribution in [3.05, 3.63) is 102 Å².